The Balaban J connectivity index is 1.79. The number of amides is 1. The van der Waals surface area contributed by atoms with Crippen LogP contribution in [0.25, 0.3) is 11.3 Å². The van der Waals surface area contributed by atoms with Gasteiger partial charge in [-0.2, -0.15) is 0 Å². The lowest BCUT2D eigenvalue weighted by Gasteiger charge is -2.11. The van der Waals surface area contributed by atoms with Crippen molar-refractivity contribution in [3.05, 3.63) is 42.0 Å². The molecule has 0 fully saturated rings. The molecule has 0 bridgehead atoms. The number of hydrogen-bond acceptors (Lipinski definition) is 5. The summed E-state index contributed by atoms with van der Waals surface area (Å²) in [5, 5.41) is 2.71. The minimum Gasteiger partial charge on any atom is -0.493 e. The van der Waals surface area contributed by atoms with Crippen molar-refractivity contribution in [1.29, 1.82) is 0 Å². The van der Waals surface area contributed by atoms with Crippen molar-refractivity contribution in [2.45, 2.75) is 12.5 Å². The molecular weight excluding hydrogens is 294 g/mol. The molecule has 2 aromatic rings. The number of nitrogens with one attached hydrogen (secondary N) is 1. The first-order chi connectivity index (χ1) is 11.2. The van der Waals surface area contributed by atoms with E-state index in [-0.39, 0.29) is 12.5 Å². The van der Waals surface area contributed by atoms with Crippen LogP contribution in [-0.2, 0) is 16.0 Å². The number of carbonyl (C=O) groups is 1. The van der Waals surface area contributed by atoms with Gasteiger partial charge in [0.2, 0.25) is 5.91 Å². The summed E-state index contributed by atoms with van der Waals surface area (Å²) >= 11 is 0. The summed E-state index contributed by atoms with van der Waals surface area (Å²) < 4.78 is 10.4. The number of benzene rings is 1. The number of pyridine rings is 1. The quantitative estimate of drug-likeness (QED) is 0.875. The maximum absolute atomic E-state index is 11.9. The van der Waals surface area contributed by atoms with Crippen molar-refractivity contribution in [2.75, 3.05) is 25.6 Å². The van der Waals surface area contributed by atoms with Crippen LogP contribution in [0.3, 0.4) is 0 Å². The van der Waals surface area contributed by atoms with Crippen LogP contribution in [0.2, 0.25) is 0 Å². The molecular formula is C17H19N3O3. The lowest BCUT2D eigenvalue weighted by atomic mass is 10.1. The number of rotatable bonds is 5. The van der Waals surface area contributed by atoms with Crippen LogP contribution in [0.4, 0.5) is 5.82 Å². The molecule has 0 spiro atoms. The van der Waals surface area contributed by atoms with Gasteiger partial charge >= 0.3 is 0 Å². The second-order valence-corrected chi connectivity index (χ2v) is 5.38. The fraction of sp³-hybridized carbons (Fsp3) is 0.294. The molecule has 0 aliphatic carbocycles. The van der Waals surface area contributed by atoms with Crippen LogP contribution in [0.1, 0.15) is 5.56 Å². The van der Waals surface area contributed by atoms with Crippen LogP contribution >= 0.6 is 0 Å². The lowest BCUT2D eigenvalue weighted by Crippen LogP contribution is -2.39. The molecule has 1 aliphatic heterocycles. The smallest absolute Gasteiger partial charge is 0.244 e. The van der Waals surface area contributed by atoms with Crippen molar-refractivity contribution in [1.82, 2.24) is 4.98 Å². The van der Waals surface area contributed by atoms with Crippen LogP contribution < -0.4 is 15.8 Å². The van der Waals surface area contributed by atoms with Gasteiger partial charge in [-0.25, -0.2) is 4.98 Å². The second kappa shape index (κ2) is 6.76. The normalized spacial score (nSPS) is 14.0. The number of aromatic nitrogens is 1. The van der Waals surface area contributed by atoms with E-state index in [1.54, 1.807) is 6.07 Å². The number of fused-ring (bicyclic) bond motifs is 1. The lowest BCUT2D eigenvalue weighted by molar-refractivity contribution is -0.118. The first-order valence-electron chi connectivity index (χ1n) is 7.46. The highest BCUT2D eigenvalue weighted by molar-refractivity contribution is 5.94. The van der Waals surface area contributed by atoms with Gasteiger partial charge in [-0.3, -0.25) is 4.79 Å². The monoisotopic (exact) mass is 313 g/mol. The summed E-state index contributed by atoms with van der Waals surface area (Å²) in [6.45, 7) is 0.885. The third-order valence-electron chi connectivity index (χ3n) is 3.67. The Morgan fingerprint density at radius 3 is 3.13 bits per heavy atom. The van der Waals surface area contributed by atoms with Gasteiger partial charge in [-0.15, -0.1) is 0 Å². The van der Waals surface area contributed by atoms with Crippen LogP contribution in [0.15, 0.2) is 36.4 Å². The van der Waals surface area contributed by atoms with E-state index < -0.39 is 6.04 Å². The molecule has 3 rings (SSSR count). The Hall–Kier alpha value is -2.44. The third-order valence-corrected chi connectivity index (χ3v) is 3.67. The molecule has 0 radical (unpaired) electrons. The van der Waals surface area contributed by atoms with Crippen molar-refractivity contribution in [3.8, 4) is 17.0 Å². The Labute approximate surface area is 134 Å². The van der Waals surface area contributed by atoms with Gasteiger partial charge in [-0.1, -0.05) is 6.07 Å². The summed E-state index contributed by atoms with van der Waals surface area (Å²) in [7, 11) is 1.50. The molecule has 120 valence electrons. The number of nitrogens with two attached hydrogens (primary N) is 1. The van der Waals surface area contributed by atoms with Crippen LogP contribution in [0, 0.1) is 0 Å². The highest BCUT2D eigenvalue weighted by Crippen LogP contribution is 2.30. The highest BCUT2D eigenvalue weighted by atomic mass is 16.5. The zero-order valence-corrected chi connectivity index (χ0v) is 12.9. The van der Waals surface area contributed by atoms with Gasteiger partial charge in [0.25, 0.3) is 0 Å². The Morgan fingerprint density at radius 2 is 2.30 bits per heavy atom. The van der Waals surface area contributed by atoms with E-state index in [0.717, 1.165) is 30.0 Å². The SMILES string of the molecule is COCC(N)C(=O)Nc1cccc(-c2ccc3c(c2)CCO3)n1. The minimum atomic E-state index is -0.720. The van der Waals surface area contributed by atoms with E-state index >= 15 is 0 Å². The topological polar surface area (TPSA) is 86.5 Å². The number of nitrogens with zero attached hydrogens (tertiary/aromatic N) is 1. The number of anilines is 1. The van der Waals surface area contributed by atoms with Crippen molar-refractivity contribution in [2.24, 2.45) is 5.73 Å². The van der Waals surface area contributed by atoms with Gasteiger partial charge in [0.05, 0.1) is 18.9 Å². The Kier molecular flexibility index (Phi) is 4.55. The molecule has 0 saturated carbocycles. The standard InChI is InChI=1S/C17H19N3O3/c1-22-10-13(18)17(21)20-16-4-2-3-14(19-16)11-5-6-15-12(9-11)7-8-23-15/h2-6,9,13H,7-8,10,18H2,1H3,(H,19,20,21). The largest absolute Gasteiger partial charge is 0.493 e. The van der Waals surface area contributed by atoms with Crippen molar-refractivity contribution < 1.29 is 14.3 Å². The van der Waals surface area contributed by atoms with Crippen molar-refractivity contribution >= 4 is 11.7 Å². The number of carbonyl (C=O) groups excluding carboxylic acids is 1. The summed E-state index contributed by atoms with van der Waals surface area (Å²) in [6, 6.07) is 10.8. The van der Waals surface area contributed by atoms with E-state index in [4.69, 9.17) is 15.2 Å². The van der Waals surface area contributed by atoms with E-state index in [2.05, 4.69) is 16.4 Å². The molecule has 2 heterocycles. The molecule has 6 heteroatoms. The number of hydrogen-bond donors (Lipinski definition) is 2. The van der Waals surface area contributed by atoms with Gasteiger partial charge < -0.3 is 20.5 Å². The van der Waals surface area contributed by atoms with Gasteiger partial charge in [-0.05, 0) is 35.9 Å². The molecule has 23 heavy (non-hydrogen) atoms. The zero-order chi connectivity index (χ0) is 16.2. The predicted molar refractivity (Wildman–Crippen MR) is 87.4 cm³/mol. The second-order valence-electron chi connectivity index (χ2n) is 5.38. The molecule has 1 aromatic heterocycles. The Morgan fingerprint density at radius 1 is 1.43 bits per heavy atom. The first kappa shape index (κ1) is 15.5. The summed E-state index contributed by atoms with van der Waals surface area (Å²) in [6.07, 6.45) is 0.908. The predicted octanol–water partition coefficient (Wildman–Crippen LogP) is 1.60. The van der Waals surface area contributed by atoms with E-state index in [1.165, 1.54) is 12.7 Å². The molecule has 1 atom stereocenters. The molecule has 1 aromatic carbocycles. The highest BCUT2D eigenvalue weighted by Gasteiger charge is 2.15. The molecule has 0 saturated heterocycles. The molecule has 1 aliphatic rings. The van der Waals surface area contributed by atoms with Gasteiger partial charge in [0.1, 0.15) is 17.6 Å². The molecule has 1 unspecified atom stereocenters. The van der Waals surface area contributed by atoms with E-state index in [1.807, 2.05) is 24.3 Å². The van der Waals surface area contributed by atoms with Crippen molar-refractivity contribution in [3.63, 3.8) is 0 Å². The fourth-order valence-corrected chi connectivity index (χ4v) is 2.49. The Bertz CT molecular complexity index is 718. The molecule has 6 nitrogen and oxygen atoms in total. The number of ether oxygens (including phenoxy) is 2. The first-order valence-corrected chi connectivity index (χ1v) is 7.46. The maximum atomic E-state index is 11.9. The summed E-state index contributed by atoms with van der Waals surface area (Å²) in [4.78, 5) is 16.4. The molecule has 1 amide bonds. The van der Waals surface area contributed by atoms with E-state index in [0.29, 0.717) is 5.82 Å². The van der Waals surface area contributed by atoms with Crippen LogP contribution in [-0.4, -0.2) is 37.3 Å². The summed E-state index contributed by atoms with van der Waals surface area (Å²) in [5.41, 5.74) is 8.67. The maximum Gasteiger partial charge on any atom is 0.244 e. The number of methoxy groups -OCH3 is 1. The minimum absolute atomic E-state index is 0.163. The van der Waals surface area contributed by atoms with E-state index in [9.17, 15) is 4.79 Å². The fourth-order valence-electron chi connectivity index (χ4n) is 2.49. The van der Waals surface area contributed by atoms with Gasteiger partial charge in [0.15, 0.2) is 0 Å². The molecule has 3 N–H and O–H groups in total. The zero-order valence-electron chi connectivity index (χ0n) is 12.9. The third kappa shape index (κ3) is 3.49. The average Bonchev–Trinajstić information content (AvgIpc) is 3.03. The average molecular weight is 313 g/mol. The summed E-state index contributed by atoms with van der Waals surface area (Å²) in [5.74, 6) is 1.08. The van der Waals surface area contributed by atoms with Crippen LogP contribution in [0.5, 0.6) is 5.75 Å². The van der Waals surface area contributed by atoms with Gasteiger partial charge in [0, 0.05) is 19.1 Å².